The number of hydrogen-bond acceptors (Lipinski definition) is 4. The lowest BCUT2D eigenvalue weighted by molar-refractivity contribution is 0.171. The maximum atomic E-state index is 13.5. The van der Waals surface area contributed by atoms with Gasteiger partial charge in [0.05, 0.1) is 10.6 Å². The second-order valence-corrected chi connectivity index (χ2v) is 6.56. The van der Waals surface area contributed by atoms with Crippen LogP contribution in [0.4, 0.5) is 10.1 Å². The minimum Gasteiger partial charge on any atom is -0.486 e. The minimum absolute atomic E-state index is 0.0257. The zero-order chi connectivity index (χ0) is 15.7. The highest BCUT2D eigenvalue weighted by molar-refractivity contribution is 7.92. The van der Waals surface area contributed by atoms with E-state index in [0.717, 1.165) is 6.07 Å². The molecule has 1 N–H and O–H groups in total. The van der Waals surface area contributed by atoms with Gasteiger partial charge in [0.15, 0.2) is 11.5 Å². The fourth-order valence-electron chi connectivity index (χ4n) is 2.06. The molecule has 22 heavy (non-hydrogen) atoms. The Hall–Kier alpha value is -2.28. The van der Waals surface area contributed by atoms with E-state index in [-0.39, 0.29) is 10.6 Å². The van der Waals surface area contributed by atoms with Crippen molar-refractivity contribution in [3.05, 3.63) is 47.8 Å². The Morgan fingerprint density at radius 1 is 1.05 bits per heavy atom. The van der Waals surface area contributed by atoms with E-state index in [0.29, 0.717) is 30.3 Å². The third kappa shape index (κ3) is 2.85. The first-order valence-electron chi connectivity index (χ1n) is 6.64. The summed E-state index contributed by atoms with van der Waals surface area (Å²) < 4.78 is 51.3. The predicted molar refractivity (Wildman–Crippen MR) is 79.4 cm³/mol. The van der Waals surface area contributed by atoms with Crippen molar-refractivity contribution in [2.45, 2.75) is 11.8 Å². The molecule has 0 amide bonds. The smallest absolute Gasteiger partial charge is 0.262 e. The normalized spacial score (nSPS) is 13.7. The van der Waals surface area contributed by atoms with Gasteiger partial charge < -0.3 is 9.47 Å². The Morgan fingerprint density at radius 3 is 2.50 bits per heavy atom. The second kappa shape index (κ2) is 5.49. The summed E-state index contributed by atoms with van der Waals surface area (Å²) >= 11 is 0. The molecule has 1 heterocycles. The first kappa shape index (κ1) is 14.6. The predicted octanol–water partition coefficient (Wildman–Crippen LogP) is 2.71. The Bertz CT molecular complexity index is 820. The third-order valence-corrected chi connectivity index (χ3v) is 4.63. The summed E-state index contributed by atoms with van der Waals surface area (Å²) in [6, 6.07) is 8.51. The molecule has 0 unspecified atom stereocenters. The highest BCUT2D eigenvalue weighted by Crippen LogP contribution is 2.32. The first-order chi connectivity index (χ1) is 10.5. The van der Waals surface area contributed by atoms with Gasteiger partial charge in [0.2, 0.25) is 0 Å². The highest BCUT2D eigenvalue weighted by Gasteiger charge is 2.19. The monoisotopic (exact) mass is 323 g/mol. The van der Waals surface area contributed by atoms with E-state index < -0.39 is 15.8 Å². The fourth-order valence-corrected chi connectivity index (χ4v) is 3.13. The van der Waals surface area contributed by atoms with Crippen LogP contribution in [0.2, 0.25) is 0 Å². The Morgan fingerprint density at radius 2 is 1.77 bits per heavy atom. The van der Waals surface area contributed by atoms with E-state index in [2.05, 4.69) is 4.72 Å². The van der Waals surface area contributed by atoms with E-state index >= 15 is 0 Å². The number of ether oxygens (including phenoxy) is 2. The quantitative estimate of drug-likeness (QED) is 0.943. The number of fused-ring (bicyclic) bond motifs is 1. The maximum Gasteiger partial charge on any atom is 0.262 e. The zero-order valence-corrected chi connectivity index (χ0v) is 12.6. The molecule has 0 saturated heterocycles. The Labute approximate surface area is 127 Å². The number of sulfonamides is 1. The average Bonchev–Trinajstić information content (AvgIpc) is 2.50. The topological polar surface area (TPSA) is 64.6 Å². The van der Waals surface area contributed by atoms with Crippen LogP contribution in [0.15, 0.2) is 41.3 Å². The van der Waals surface area contributed by atoms with E-state index in [1.165, 1.54) is 24.3 Å². The van der Waals surface area contributed by atoms with Crippen LogP contribution in [0.3, 0.4) is 0 Å². The van der Waals surface area contributed by atoms with Gasteiger partial charge in [-0.15, -0.1) is 0 Å². The number of anilines is 1. The van der Waals surface area contributed by atoms with E-state index in [1.807, 2.05) is 0 Å². The lowest BCUT2D eigenvalue weighted by atomic mass is 10.2. The summed E-state index contributed by atoms with van der Waals surface area (Å²) in [6.07, 6.45) is 0. The van der Waals surface area contributed by atoms with Crippen molar-refractivity contribution >= 4 is 15.7 Å². The molecule has 0 aliphatic carbocycles. The molecule has 0 bridgehead atoms. The van der Waals surface area contributed by atoms with Crippen molar-refractivity contribution in [3.63, 3.8) is 0 Å². The lowest BCUT2D eigenvalue weighted by Gasteiger charge is -2.19. The van der Waals surface area contributed by atoms with Crippen molar-refractivity contribution < 1.29 is 22.3 Å². The second-order valence-electron chi connectivity index (χ2n) is 4.87. The lowest BCUT2D eigenvalue weighted by Crippen LogP contribution is -2.17. The molecular weight excluding hydrogens is 309 g/mol. The van der Waals surface area contributed by atoms with Crippen LogP contribution in [0, 0.1) is 12.7 Å². The van der Waals surface area contributed by atoms with Gasteiger partial charge >= 0.3 is 0 Å². The van der Waals surface area contributed by atoms with Crippen LogP contribution >= 0.6 is 0 Å². The number of hydrogen-bond donors (Lipinski definition) is 1. The standard InChI is InChI=1S/C15H14FNO4S/c1-10-2-3-11(8-13(10)16)17-22(18,19)12-4-5-14-15(9-12)21-7-6-20-14/h2-5,8-9,17H,6-7H2,1H3. The molecule has 7 heteroatoms. The maximum absolute atomic E-state index is 13.5. The van der Waals surface area contributed by atoms with Gasteiger partial charge in [0.1, 0.15) is 19.0 Å². The van der Waals surface area contributed by atoms with Crippen LogP contribution in [0.1, 0.15) is 5.56 Å². The number of nitrogens with one attached hydrogen (secondary N) is 1. The van der Waals surface area contributed by atoms with Crippen molar-refractivity contribution in [2.24, 2.45) is 0 Å². The van der Waals surface area contributed by atoms with Crippen LogP contribution < -0.4 is 14.2 Å². The van der Waals surface area contributed by atoms with Gasteiger partial charge in [0.25, 0.3) is 10.0 Å². The molecule has 3 rings (SSSR count). The summed E-state index contributed by atoms with van der Waals surface area (Å²) in [5.41, 5.74) is 0.611. The van der Waals surface area contributed by atoms with Crippen LogP contribution in [-0.2, 0) is 10.0 Å². The van der Waals surface area contributed by atoms with Crippen LogP contribution in [0.5, 0.6) is 11.5 Å². The number of aryl methyl sites for hydroxylation is 1. The van der Waals surface area contributed by atoms with Crippen molar-refractivity contribution in [3.8, 4) is 11.5 Å². The summed E-state index contributed by atoms with van der Waals surface area (Å²) in [7, 11) is -3.83. The molecule has 116 valence electrons. The van der Waals surface area contributed by atoms with Gasteiger partial charge in [-0.05, 0) is 36.8 Å². The largest absolute Gasteiger partial charge is 0.486 e. The Kier molecular flexibility index (Phi) is 3.66. The molecule has 0 saturated carbocycles. The van der Waals surface area contributed by atoms with Gasteiger partial charge in [-0.1, -0.05) is 6.07 Å². The molecule has 0 spiro atoms. The van der Waals surface area contributed by atoms with Crippen LogP contribution in [0.25, 0.3) is 0 Å². The highest BCUT2D eigenvalue weighted by atomic mass is 32.2. The minimum atomic E-state index is -3.83. The molecule has 0 fully saturated rings. The molecule has 0 radical (unpaired) electrons. The SMILES string of the molecule is Cc1ccc(NS(=O)(=O)c2ccc3c(c2)OCCO3)cc1F. The summed E-state index contributed by atoms with van der Waals surface area (Å²) in [5, 5.41) is 0. The van der Waals surface area contributed by atoms with Gasteiger partial charge in [-0.25, -0.2) is 12.8 Å². The summed E-state index contributed by atoms with van der Waals surface area (Å²) in [5.74, 6) is 0.415. The number of rotatable bonds is 3. The summed E-state index contributed by atoms with van der Waals surface area (Å²) in [6.45, 7) is 2.40. The Balaban J connectivity index is 1.90. The van der Waals surface area contributed by atoms with Gasteiger partial charge in [-0.3, -0.25) is 4.72 Å². The zero-order valence-electron chi connectivity index (χ0n) is 11.8. The number of benzene rings is 2. The van der Waals surface area contributed by atoms with Gasteiger partial charge in [0, 0.05) is 6.07 Å². The molecule has 1 aliphatic heterocycles. The van der Waals surface area contributed by atoms with Crippen molar-refractivity contribution in [2.75, 3.05) is 17.9 Å². The fraction of sp³-hybridized carbons (Fsp3) is 0.200. The van der Waals surface area contributed by atoms with E-state index in [9.17, 15) is 12.8 Å². The van der Waals surface area contributed by atoms with Crippen molar-refractivity contribution in [1.29, 1.82) is 0 Å². The van der Waals surface area contributed by atoms with Gasteiger partial charge in [-0.2, -0.15) is 0 Å². The van der Waals surface area contributed by atoms with E-state index in [1.54, 1.807) is 13.0 Å². The molecule has 0 atom stereocenters. The molecule has 2 aromatic rings. The van der Waals surface area contributed by atoms with Crippen molar-refractivity contribution in [1.82, 2.24) is 0 Å². The molecule has 0 aromatic heterocycles. The third-order valence-electron chi connectivity index (χ3n) is 3.25. The number of halogens is 1. The molecule has 2 aromatic carbocycles. The average molecular weight is 323 g/mol. The molecule has 5 nitrogen and oxygen atoms in total. The van der Waals surface area contributed by atoms with Crippen LogP contribution in [-0.4, -0.2) is 21.6 Å². The molecule has 1 aliphatic rings. The summed E-state index contributed by atoms with van der Waals surface area (Å²) in [4.78, 5) is 0.0257. The first-order valence-corrected chi connectivity index (χ1v) is 8.13. The van der Waals surface area contributed by atoms with E-state index in [4.69, 9.17) is 9.47 Å². The molecular formula is C15H14FNO4S.